The molecule has 6 nitrogen and oxygen atoms in total. The van der Waals surface area contributed by atoms with Crippen LogP contribution < -0.4 is 10.0 Å². The molecule has 7 heteroatoms. The molecule has 1 rings (SSSR count). The predicted molar refractivity (Wildman–Crippen MR) is 87.5 cm³/mol. The summed E-state index contributed by atoms with van der Waals surface area (Å²) in [5.41, 5.74) is 0.784. The van der Waals surface area contributed by atoms with Crippen LogP contribution in [0.3, 0.4) is 0 Å². The molecule has 0 bridgehead atoms. The lowest BCUT2D eigenvalue weighted by atomic mass is 10.2. The van der Waals surface area contributed by atoms with Crippen LogP contribution in [0.1, 0.15) is 30.6 Å². The summed E-state index contributed by atoms with van der Waals surface area (Å²) in [6, 6.07) is 6.37. The van der Waals surface area contributed by atoms with E-state index in [-0.39, 0.29) is 5.91 Å². The summed E-state index contributed by atoms with van der Waals surface area (Å²) in [7, 11) is -3.35. The van der Waals surface area contributed by atoms with E-state index in [0.29, 0.717) is 36.9 Å². The van der Waals surface area contributed by atoms with Crippen molar-refractivity contribution in [1.82, 2.24) is 5.32 Å². The molecular formula is C15H24N2O4S. The number of sulfonamides is 1. The maximum absolute atomic E-state index is 12.0. The summed E-state index contributed by atoms with van der Waals surface area (Å²) >= 11 is 0. The molecule has 2 N–H and O–H groups in total. The summed E-state index contributed by atoms with van der Waals surface area (Å²) in [6.45, 7) is 6.00. The van der Waals surface area contributed by atoms with Gasteiger partial charge in [0.1, 0.15) is 0 Å². The first kappa shape index (κ1) is 18.4. The Morgan fingerprint density at radius 2 is 2.05 bits per heavy atom. The van der Waals surface area contributed by atoms with Crippen LogP contribution in [0.5, 0.6) is 0 Å². The van der Waals surface area contributed by atoms with E-state index in [2.05, 4.69) is 23.9 Å². The molecule has 124 valence electrons. The predicted octanol–water partition coefficient (Wildman–Crippen LogP) is 1.85. The van der Waals surface area contributed by atoms with Crippen molar-refractivity contribution in [2.24, 2.45) is 5.92 Å². The van der Waals surface area contributed by atoms with Crippen molar-refractivity contribution in [1.29, 1.82) is 0 Å². The van der Waals surface area contributed by atoms with Gasteiger partial charge in [-0.1, -0.05) is 19.9 Å². The van der Waals surface area contributed by atoms with E-state index in [1.165, 1.54) is 6.07 Å². The molecule has 0 spiro atoms. The number of amides is 1. The fourth-order valence-electron chi connectivity index (χ4n) is 1.74. The van der Waals surface area contributed by atoms with Crippen LogP contribution in [0.4, 0.5) is 5.69 Å². The van der Waals surface area contributed by atoms with Crippen LogP contribution in [0.15, 0.2) is 24.3 Å². The van der Waals surface area contributed by atoms with Crippen molar-refractivity contribution in [3.63, 3.8) is 0 Å². The van der Waals surface area contributed by atoms with Gasteiger partial charge in [-0.25, -0.2) is 8.42 Å². The normalized spacial score (nSPS) is 11.5. The Kier molecular flexibility index (Phi) is 7.34. The lowest BCUT2D eigenvalue weighted by Crippen LogP contribution is -2.25. The Morgan fingerprint density at radius 3 is 2.68 bits per heavy atom. The van der Waals surface area contributed by atoms with E-state index in [1.807, 2.05) is 0 Å². The summed E-state index contributed by atoms with van der Waals surface area (Å²) in [5.74, 6) is 0.265. The largest absolute Gasteiger partial charge is 0.381 e. The number of benzene rings is 1. The van der Waals surface area contributed by atoms with Gasteiger partial charge in [0.05, 0.1) is 6.26 Å². The Balaban J connectivity index is 2.41. The average Bonchev–Trinajstić information content (AvgIpc) is 2.40. The molecule has 1 amide bonds. The smallest absolute Gasteiger partial charge is 0.251 e. The van der Waals surface area contributed by atoms with Crippen molar-refractivity contribution < 1.29 is 17.9 Å². The van der Waals surface area contributed by atoms with Crippen LogP contribution in [0.2, 0.25) is 0 Å². The molecule has 0 aliphatic heterocycles. The molecule has 0 saturated heterocycles. The second-order valence-corrected chi connectivity index (χ2v) is 7.28. The van der Waals surface area contributed by atoms with E-state index >= 15 is 0 Å². The number of anilines is 1. The first-order valence-corrected chi connectivity index (χ1v) is 9.11. The van der Waals surface area contributed by atoms with E-state index < -0.39 is 10.0 Å². The number of hydrogen-bond donors (Lipinski definition) is 2. The maximum Gasteiger partial charge on any atom is 0.251 e. The van der Waals surface area contributed by atoms with Gasteiger partial charge in [0.15, 0.2) is 0 Å². The molecule has 1 aromatic carbocycles. The summed E-state index contributed by atoms with van der Waals surface area (Å²) in [5, 5.41) is 2.78. The third-order valence-electron chi connectivity index (χ3n) is 2.63. The van der Waals surface area contributed by atoms with E-state index in [0.717, 1.165) is 12.7 Å². The minimum Gasteiger partial charge on any atom is -0.381 e. The molecule has 0 saturated carbocycles. The van der Waals surface area contributed by atoms with Crippen LogP contribution >= 0.6 is 0 Å². The van der Waals surface area contributed by atoms with E-state index in [4.69, 9.17) is 4.74 Å². The first-order valence-electron chi connectivity index (χ1n) is 7.22. The fourth-order valence-corrected chi connectivity index (χ4v) is 2.29. The van der Waals surface area contributed by atoms with Crippen molar-refractivity contribution in [2.75, 3.05) is 30.7 Å². The van der Waals surface area contributed by atoms with Gasteiger partial charge in [-0.2, -0.15) is 0 Å². The summed E-state index contributed by atoms with van der Waals surface area (Å²) < 4.78 is 30.1. The molecule has 0 radical (unpaired) electrons. The van der Waals surface area contributed by atoms with Crippen molar-refractivity contribution in [3.8, 4) is 0 Å². The average molecular weight is 328 g/mol. The molecule has 0 aromatic heterocycles. The fraction of sp³-hybridized carbons (Fsp3) is 0.533. The number of nitrogens with one attached hydrogen (secondary N) is 2. The Bertz CT molecular complexity index is 585. The van der Waals surface area contributed by atoms with Crippen LogP contribution in [0, 0.1) is 5.92 Å². The summed E-state index contributed by atoms with van der Waals surface area (Å²) in [4.78, 5) is 12.0. The molecule has 0 atom stereocenters. The molecule has 0 heterocycles. The molecule has 0 aliphatic carbocycles. The van der Waals surface area contributed by atoms with Gasteiger partial charge in [0, 0.05) is 31.0 Å². The Hall–Kier alpha value is -1.60. The number of rotatable bonds is 9. The minimum atomic E-state index is -3.35. The van der Waals surface area contributed by atoms with Gasteiger partial charge >= 0.3 is 0 Å². The highest BCUT2D eigenvalue weighted by molar-refractivity contribution is 7.92. The van der Waals surface area contributed by atoms with Crippen LogP contribution in [0.25, 0.3) is 0 Å². The number of ether oxygens (including phenoxy) is 1. The van der Waals surface area contributed by atoms with Crippen LogP contribution in [-0.4, -0.2) is 40.3 Å². The topological polar surface area (TPSA) is 84.5 Å². The molecule has 22 heavy (non-hydrogen) atoms. The standard InChI is InChI=1S/C15H24N2O4S/c1-12(2)11-21-9-5-8-16-15(18)13-6-4-7-14(10-13)17-22(3,19)20/h4,6-7,10,12,17H,5,8-9,11H2,1-3H3,(H,16,18). The first-order chi connectivity index (χ1) is 10.3. The third kappa shape index (κ3) is 7.99. The van der Waals surface area contributed by atoms with Gasteiger partial charge in [0.2, 0.25) is 10.0 Å². The molecule has 1 aromatic rings. The monoisotopic (exact) mass is 328 g/mol. The zero-order chi connectivity index (χ0) is 16.6. The van der Waals surface area contributed by atoms with E-state index in [1.54, 1.807) is 18.2 Å². The van der Waals surface area contributed by atoms with Crippen LogP contribution in [-0.2, 0) is 14.8 Å². The highest BCUT2D eigenvalue weighted by Crippen LogP contribution is 2.11. The quantitative estimate of drug-likeness (QED) is 0.678. The zero-order valence-electron chi connectivity index (χ0n) is 13.3. The zero-order valence-corrected chi connectivity index (χ0v) is 14.1. The van der Waals surface area contributed by atoms with Gasteiger partial charge in [-0.3, -0.25) is 9.52 Å². The number of hydrogen-bond acceptors (Lipinski definition) is 4. The molecule has 0 fully saturated rings. The maximum atomic E-state index is 12.0. The lowest BCUT2D eigenvalue weighted by Gasteiger charge is -2.09. The summed E-state index contributed by atoms with van der Waals surface area (Å²) in [6.07, 6.45) is 1.80. The molecular weight excluding hydrogens is 304 g/mol. The van der Waals surface area contributed by atoms with Gasteiger partial charge in [-0.15, -0.1) is 0 Å². The Labute approximate surface area is 132 Å². The molecule has 0 aliphatic rings. The number of carbonyl (C=O) groups excluding carboxylic acids is 1. The molecule has 0 unspecified atom stereocenters. The van der Waals surface area contributed by atoms with Crippen molar-refractivity contribution >= 4 is 21.6 Å². The van der Waals surface area contributed by atoms with Crippen molar-refractivity contribution in [3.05, 3.63) is 29.8 Å². The van der Waals surface area contributed by atoms with Gasteiger partial charge < -0.3 is 10.1 Å². The third-order valence-corrected chi connectivity index (χ3v) is 3.24. The van der Waals surface area contributed by atoms with Crippen molar-refractivity contribution in [2.45, 2.75) is 20.3 Å². The van der Waals surface area contributed by atoms with Gasteiger partial charge in [0.25, 0.3) is 5.91 Å². The van der Waals surface area contributed by atoms with Gasteiger partial charge in [-0.05, 0) is 30.5 Å². The highest BCUT2D eigenvalue weighted by atomic mass is 32.2. The second-order valence-electron chi connectivity index (χ2n) is 5.53. The minimum absolute atomic E-state index is 0.235. The van der Waals surface area contributed by atoms with E-state index in [9.17, 15) is 13.2 Å². The highest BCUT2D eigenvalue weighted by Gasteiger charge is 2.07. The Morgan fingerprint density at radius 1 is 1.32 bits per heavy atom. The second kappa shape index (κ2) is 8.75. The lowest BCUT2D eigenvalue weighted by molar-refractivity contribution is 0.0925. The SMILES string of the molecule is CC(C)COCCCNC(=O)c1cccc(NS(C)(=O)=O)c1. The number of carbonyl (C=O) groups is 1.